The van der Waals surface area contributed by atoms with Crippen molar-refractivity contribution in [2.75, 3.05) is 6.54 Å². The molecular weight excluding hydrogens is 204 g/mol. The van der Waals surface area contributed by atoms with Gasteiger partial charge in [0.2, 0.25) is 0 Å². The molecule has 0 saturated heterocycles. The molecule has 1 aliphatic heterocycles. The third-order valence-corrected chi connectivity index (χ3v) is 2.32. The molecule has 2 amide bonds. The fourth-order valence-corrected chi connectivity index (χ4v) is 1.48. The fraction of sp³-hybridized carbons (Fsp3) is 0.167. The van der Waals surface area contributed by atoms with Crippen molar-refractivity contribution in [3.63, 3.8) is 0 Å². The average Bonchev–Trinajstić information content (AvgIpc) is 2.33. The van der Waals surface area contributed by atoms with Gasteiger partial charge in [-0.05, 0) is 18.6 Å². The Balaban J connectivity index is 2.03. The van der Waals surface area contributed by atoms with Gasteiger partial charge in [-0.2, -0.15) is 0 Å². The second-order valence-corrected chi connectivity index (χ2v) is 3.49. The monoisotopic (exact) mass is 216 g/mol. The van der Waals surface area contributed by atoms with Crippen molar-refractivity contribution in [3.05, 3.63) is 48.0 Å². The van der Waals surface area contributed by atoms with Crippen LogP contribution in [0.3, 0.4) is 0 Å². The summed E-state index contributed by atoms with van der Waals surface area (Å²) < 4.78 is 0. The van der Waals surface area contributed by atoms with Crippen LogP contribution in [0, 0.1) is 0 Å². The first-order chi connectivity index (χ1) is 7.77. The van der Waals surface area contributed by atoms with Crippen LogP contribution in [0.1, 0.15) is 16.8 Å². The summed E-state index contributed by atoms with van der Waals surface area (Å²) >= 11 is 0. The summed E-state index contributed by atoms with van der Waals surface area (Å²) in [6, 6.07) is 8.82. The number of rotatable bonds is 2. The van der Waals surface area contributed by atoms with E-state index in [9.17, 15) is 9.59 Å². The van der Waals surface area contributed by atoms with Gasteiger partial charge in [0.1, 0.15) is 0 Å². The topological polar surface area (TPSA) is 49.4 Å². The molecule has 1 aromatic rings. The van der Waals surface area contributed by atoms with Crippen molar-refractivity contribution < 1.29 is 9.59 Å². The minimum Gasteiger partial charge on any atom is -0.268 e. The minimum atomic E-state index is -0.260. The highest BCUT2D eigenvalue weighted by Gasteiger charge is 2.16. The van der Waals surface area contributed by atoms with Gasteiger partial charge in [-0.1, -0.05) is 24.3 Å². The second kappa shape index (κ2) is 4.61. The lowest BCUT2D eigenvalue weighted by Crippen LogP contribution is -2.47. The normalized spacial score (nSPS) is 15.0. The molecule has 0 spiro atoms. The Morgan fingerprint density at radius 2 is 2.00 bits per heavy atom. The number of hydrazine groups is 1. The second-order valence-electron chi connectivity index (χ2n) is 3.49. The van der Waals surface area contributed by atoms with Gasteiger partial charge in [0.25, 0.3) is 11.8 Å². The first kappa shape index (κ1) is 10.4. The lowest BCUT2D eigenvalue weighted by molar-refractivity contribution is -0.128. The van der Waals surface area contributed by atoms with Crippen molar-refractivity contribution >= 4 is 11.8 Å². The third kappa shape index (κ3) is 2.28. The van der Waals surface area contributed by atoms with Crippen molar-refractivity contribution in [1.82, 2.24) is 10.4 Å². The highest BCUT2D eigenvalue weighted by atomic mass is 16.2. The molecule has 1 aromatic carbocycles. The molecule has 0 aromatic heterocycles. The van der Waals surface area contributed by atoms with Gasteiger partial charge >= 0.3 is 0 Å². The fourth-order valence-electron chi connectivity index (χ4n) is 1.48. The molecule has 1 N–H and O–H groups in total. The zero-order chi connectivity index (χ0) is 11.4. The molecule has 0 atom stereocenters. The van der Waals surface area contributed by atoms with E-state index in [-0.39, 0.29) is 11.8 Å². The quantitative estimate of drug-likeness (QED) is 0.805. The number of hydrogen-bond donors (Lipinski definition) is 1. The number of carbonyl (C=O) groups excluding carboxylic acids is 2. The summed E-state index contributed by atoms with van der Waals surface area (Å²) in [7, 11) is 0. The Kier molecular flexibility index (Phi) is 3.00. The van der Waals surface area contributed by atoms with Crippen molar-refractivity contribution in [1.29, 1.82) is 0 Å². The first-order valence-corrected chi connectivity index (χ1v) is 5.11. The first-order valence-electron chi connectivity index (χ1n) is 5.11. The standard InChI is InChI=1S/C12H12N2O2/c15-11-8-4-5-9-14(11)13-12(16)10-6-2-1-3-7-10/h1-4,6-8H,5,9H2,(H,13,16). The summed E-state index contributed by atoms with van der Waals surface area (Å²) in [5.41, 5.74) is 3.12. The number of nitrogens with one attached hydrogen (secondary N) is 1. The smallest absolute Gasteiger partial charge is 0.268 e. The van der Waals surface area contributed by atoms with Crippen LogP contribution >= 0.6 is 0 Å². The van der Waals surface area contributed by atoms with E-state index in [1.165, 1.54) is 11.1 Å². The van der Waals surface area contributed by atoms with Gasteiger partial charge in [-0.25, -0.2) is 5.01 Å². The maximum Gasteiger partial charge on any atom is 0.269 e. The van der Waals surface area contributed by atoms with E-state index in [0.29, 0.717) is 12.1 Å². The lowest BCUT2D eigenvalue weighted by atomic mass is 10.2. The van der Waals surface area contributed by atoms with Crippen LogP contribution in [-0.4, -0.2) is 23.4 Å². The Morgan fingerprint density at radius 3 is 2.69 bits per heavy atom. The maximum absolute atomic E-state index is 11.7. The molecule has 0 aliphatic carbocycles. The van der Waals surface area contributed by atoms with E-state index in [0.717, 1.165) is 6.42 Å². The summed E-state index contributed by atoms with van der Waals surface area (Å²) in [5.74, 6) is -0.445. The number of amides is 2. The van der Waals surface area contributed by atoms with Gasteiger partial charge in [-0.3, -0.25) is 15.0 Å². The van der Waals surface area contributed by atoms with Gasteiger partial charge in [0.05, 0.1) is 0 Å². The summed E-state index contributed by atoms with van der Waals surface area (Å²) in [6.45, 7) is 0.522. The van der Waals surface area contributed by atoms with Crippen LogP contribution in [-0.2, 0) is 4.79 Å². The lowest BCUT2D eigenvalue weighted by Gasteiger charge is -2.23. The van der Waals surface area contributed by atoms with Crippen LogP contribution in [0.15, 0.2) is 42.5 Å². The molecule has 4 nitrogen and oxygen atoms in total. The Morgan fingerprint density at radius 1 is 1.25 bits per heavy atom. The highest BCUT2D eigenvalue weighted by molar-refractivity contribution is 5.97. The van der Waals surface area contributed by atoms with E-state index >= 15 is 0 Å². The maximum atomic E-state index is 11.7. The van der Waals surface area contributed by atoms with Crippen LogP contribution in [0.5, 0.6) is 0 Å². The number of benzene rings is 1. The summed E-state index contributed by atoms with van der Waals surface area (Å²) in [5, 5.41) is 1.33. The van der Waals surface area contributed by atoms with E-state index < -0.39 is 0 Å². The van der Waals surface area contributed by atoms with Gasteiger partial charge < -0.3 is 0 Å². The molecule has 0 bridgehead atoms. The molecule has 1 heterocycles. The zero-order valence-electron chi connectivity index (χ0n) is 8.72. The Hall–Kier alpha value is -2.10. The molecule has 0 unspecified atom stereocenters. The van der Waals surface area contributed by atoms with Gasteiger partial charge in [0, 0.05) is 18.2 Å². The van der Waals surface area contributed by atoms with Crippen molar-refractivity contribution in [2.24, 2.45) is 0 Å². The van der Waals surface area contributed by atoms with Crippen LogP contribution < -0.4 is 5.43 Å². The number of nitrogens with zero attached hydrogens (tertiary/aromatic N) is 1. The van der Waals surface area contributed by atoms with Crippen LogP contribution in [0.2, 0.25) is 0 Å². The summed E-state index contributed by atoms with van der Waals surface area (Å²) in [4.78, 5) is 23.1. The number of hydrogen-bond acceptors (Lipinski definition) is 2. The van der Waals surface area contributed by atoms with Crippen LogP contribution in [0.25, 0.3) is 0 Å². The molecule has 16 heavy (non-hydrogen) atoms. The van der Waals surface area contributed by atoms with Crippen molar-refractivity contribution in [2.45, 2.75) is 6.42 Å². The van der Waals surface area contributed by atoms with E-state index in [1.807, 2.05) is 6.07 Å². The highest BCUT2D eigenvalue weighted by Crippen LogP contribution is 2.02. The molecule has 1 aliphatic rings. The van der Waals surface area contributed by atoms with E-state index in [2.05, 4.69) is 5.43 Å². The van der Waals surface area contributed by atoms with Gasteiger partial charge in [0.15, 0.2) is 0 Å². The molecule has 4 heteroatoms. The summed E-state index contributed by atoms with van der Waals surface area (Å²) in [6.07, 6.45) is 4.03. The largest absolute Gasteiger partial charge is 0.269 e. The third-order valence-electron chi connectivity index (χ3n) is 2.32. The van der Waals surface area contributed by atoms with Gasteiger partial charge in [-0.15, -0.1) is 0 Å². The Bertz CT molecular complexity index is 426. The predicted molar refractivity (Wildman–Crippen MR) is 59.4 cm³/mol. The molecule has 0 radical (unpaired) electrons. The van der Waals surface area contributed by atoms with E-state index in [1.54, 1.807) is 30.3 Å². The Labute approximate surface area is 93.5 Å². The average molecular weight is 216 g/mol. The molecule has 2 rings (SSSR count). The molecule has 82 valence electrons. The SMILES string of the molecule is O=C(NN1CCC=CC1=O)c1ccccc1. The molecule has 0 saturated carbocycles. The predicted octanol–water partition coefficient (Wildman–Crippen LogP) is 1.12. The van der Waals surface area contributed by atoms with Crippen molar-refractivity contribution in [3.8, 4) is 0 Å². The molecular formula is C12H12N2O2. The molecule has 0 fully saturated rings. The van der Waals surface area contributed by atoms with E-state index in [4.69, 9.17) is 0 Å². The zero-order valence-corrected chi connectivity index (χ0v) is 8.72. The number of carbonyl (C=O) groups is 2. The van der Waals surface area contributed by atoms with Crippen LogP contribution in [0.4, 0.5) is 0 Å². The minimum absolute atomic E-state index is 0.185.